The Hall–Kier alpha value is -0.810. The minimum atomic E-state index is -0.448. The molecule has 5 nitrogen and oxygen atoms in total. The van der Waals surface area contributed by atoms with E-state index >= 15 is 0 Å². The van der Waals surface area contributed by atoms with Crippen molar-refractivity contribution in [1.29, 1.82) is 0 Å². The maximum Gasteiger partial charge on any atom is 0.410 e. The standard InChI is InChI=1S/C15H30N2O3/c1-5-16-13(8-10-18)12-7-6-9-17(11-12)14(19)20-15(2,3)4/h12-13,16,18H,5-11H2,1-4H3/t12-,13+/m0/s1. The van der Waals surface area contributed by atoms with Gasteiger partial charge in [0.15, 0.2) is 0 Å². The first-order chi connectivity index (χ1) is 9.37. The number of rotatable bonds is 5. The van der Waals surface area contributed by atoms with Crippen molar-refractivity contribution in [3.8, 4) is 0 Å². The number of nitrogens with one attached hydrogen (secondary N) is 1. The van der Waals surface area contributed by atoms with Gasteiger partial charge >= 0.3 is 6.09 Å². The lowest BCUT2D eigenvalue weighted by atomic mass is 9.89. The average molecular weight is 286 g/mol. The molecule has 0 aliphatic carbocycles. The summed E-state index contributed by atoms with van der Waals surface area (Å²) in [4.78, 5) is 13.9. The molecule has 0 aromatic carbocycles. The fraction of sp³-hybridized carbons (Fsp3) is 0.933. The number of hydrogen-bond donors (Lipinski definition) is 2. The van der Waals surface area contributed by atoms with Gasteiger partial charge in [-0.2, -0.15) is 0 Å². The van der Waals surface area contributed by atoms with E-state index in [-0.39, 0.29) is 18.7 Å². The highest BCUT2D eigenvalue weighted by Crippen LogP contribution is 2.23. The van der Waals surface area contributed by atoms with Gasteiger partial charge in [-0.25, -0.2) is 4.79 Å². The van der Waals surface area contributed by atoms with Gasteiger partial charge in [0.25, 0.3) is 0 Å². The van der Waals surface area contributed by atoms with E-state index in [0.717, 1.165) is 32.4 Å². The third-order valence-electron chi connectivity index (χ3n) is 3.58. The zero-order chi connectivity index (χ0) is 15.2. The van der Waals surface area contributed by atoms with E-state index in [9.17, 15) is 9.90 Å². The van der Waals surface area contributed by atoms with Crippen molar-refractivity contribution < 1.29 is 14.6 Å². The first-order valence-corrected chi connectivity index (χ1v) is 7.69. The van der Waals surface area contributed by atoms with E-state index in [1.165, 1.54) is 0 Å². The molecule has 1 heterocycles. The number of aliphatic hydroxyl groups is 1. The summed E-state index contributed by atoms with van der Waals surface area (Å²) in [5, 5.41) is 12.6. The Morgan fingerprint density at radius 2 is 2.20 bits per heavy atom. The molecule has 1 aliphatic rings. The minimum Gasteiger partial charge on any atom is -0.444 e. The monoisotopic (exact) mass is 286 g/mol. The normalized spacial score (nSPS) is 21.6. The SMILES string of the molecule is CCN[C@H](CCO)[C@H]1CCCN(C(=O)OC(C)(C)C)C1. The van der Waals surface area contributed by atoms with E-state index in [2.05, 4.69) is 12.2 Å². The molecule has 2 atom stereocenters. The van der Waals surface area contributed by atoms with Gasteiger partial charge in [-0.05, 0) is 52.5 Å². The average Bonchev–Trinajstić information content (AvgIpc) is 2.37. The molecule has 20 heavy (non-hydrogen) atoms. The molecular weight excluding hydrogens is 256 g/mol. The van der Waals surface area contributed by atoms with Crippen molar-refractivity contribution in [2.45, 2.75) is 58.6 Å². The Balaban J connectivity index is 2.58. The maximum atomic E-state index is 12.1. The van der Waals surface area contributed by atoms with Crippen LogP contribution in [0.3, 0.4) is 0 Å². The highest BCUT2D eigenvalue weighted by molar-refractivity contribution is 5.68. The Morgan fingerprint density at radius 3 is 2.75 bits per heavy atom. The molecule has 0 bridgehead atoms. The summed E-state index contributed by atoms with van der Waals surface area (Å²) in [6.07, 6.45) is 2.61. The summed E-state index contributed by atoms with van der Waals surface area (Å²) in [5.74, 6) is 0.392. The predicted octanol–water partition coefficient (Wildman–Crippen LogP) is 1.99. The maximum absolute atomic E-state index is 12.1. The molecule has 0 unspecified atom stereocenters. The van der Waals surface area contributed by atoms with Gasteiger partial charge in [0.1, 0.15) is 5.60 Å². The molecule has 2 N–H and O–H groups in total. The minimum absolute atomic E-state index is 0.181. The number of aliphatic hydroxyl groups excluding tert-OH is 1. The topological polar surface area (TPSA) is 61.8 Å². The van der Waals surface area contributed by atoms with Crippen molar-refractivity contribution >= 4 is 6.09 Å². The molecule has 1 rings (SSSR count). The number of hydrogen-bond acceptors (Lipinski definition) is 4. The molecule has 0 saturated carbocycles. The zero-order valence-electron chi connectivity index (χ0n) is 13.3. The Labute approximate surface area is 122 Å². The van der Waals surface area contributed by atoms with Gasteiger partial charge in [-0.1, -0.05) is 6.92 Å². The number of likely N-dealkylation sites (tertiary alicyclic amines) is 1. The van der Waals surface area contributed by atoms with Gasteiger partial charge in [0.2, 0.25) is 0 Å². The fourth-order valence-corrected chi connectivity index (χ4v) is 2.74. The molecule has 0 aromatic rings. The van der Waals surface area contributed by atoms with Crippen LogP contribution in [0, 0.1) is 5.92 Å². The van der Waals surface area contributed by atoms with E-state index in [4.69, 9.17) is 4.74 Å². The van der Waals surface area contributed by atoms with Crippen molar-refractivity contribution in [2.75, 3.05) is 26.2 Å². The number of carbonyl (C=O) groups is 1. The van der Waals surface area contributed by atoms with Crippen molar-refractivity contribution in [3.05, 3.63) is 0 Å². The summed E-state index contributed by atoms with van der Waals surface area (Å²) in [5.41, 5.74) is -0.448. The van der Waals surface area contributed by atoms with Crippen LogP contribution in [-0.4, -0.2) is 54.0 Å². The highest BCUT2D eigenvalue weighted by Gasteiger charge is 2.31. The summed E-state index contributed by atoms with van der Waals surface area (Å²) in [7, 11) is 0. The van der Waals surface area contributed by atoms with Gasteiger partial charge in [-0.3, -0.25) is 0 Å². The molecule has 0 spiro atoms. The van der Waals surface area contributed by atoms with Gasteiger partial charge in [0, 0.05) is 25.7 Å². The Bertz CT molecular complexity index is 296. The van der Waals surface area contributed by atoms with Crippen LogP contribution in [0.5, 0.6) is 0 Å². The molecule has 118 valence electrons. The third kappa shape index (κ3) is 5.67. The summed E-state index contributed by atoms with van der Waals surface area (Å²) < 4.78 is 5.44. The van der Waals surface area contributed by atoms with Crippen molar-refractivity contribution in [3.63, 3.8) is 0 Å². The quantitative estimate of drug-likeness (QED) is 0.811. The summed E-state index contributed by atoms with van der Waals surface area (Å²) in [6, 6.07) is 0.273. The molecule has 0 radical (unpaired) electrons. The summed E-state index contributed by atoms with van der Waals surface area (Å²) in [6.45, 7) is 10.3. The van der Waals surface area contributed by atoms with Crippen LogP contribution in [0.15, 0.2) is 0 Å². The summed E-state index contributed by atoms with van der Waals surface area (Å²) >= 11 is 0. The second-order valence-electron chi connectivity index (χ2n) is 6.51. The zero-order valence-corrected chi connectivity index (χ0v) is 13.3. The van der Waals surface area contributed by atoms with Crippen LogP contribution in [0.25, 0.3) is 0 Å². The fourth-order valence-electron chi connectivity index (χ4n) is 2.74. The first kappa shape index (κ1) is 17.2. The number of ether oxygens (including phenoxy) is 1. The number of amides is 1. The van der Waals surface area contributed by atoms with Crippen LogP contribution >= 0.6 is 0 Å². The van der Waals surface area contributed by atoms with Crippen LogP contribution in [-0.2, 0) is 4.74 Å². The second-order valence-corrected chi connectivity index (χ2v) is 6.51. The van der Waals surface area contributed by atoms with Crippen molar-refractivity contribution in [1.82, 2.24) is 10.2 Å². The smallest absolute Gasteiger partial charge is 0.410 e. The lowest BCUT2D eigenvalue weighted by molar-refractivity contribution is 0.0139. The molecule has 1 fully saturated rings. The largest absolute Gasteiger partial charge is 0.444 e. The Kier molecular flexibility index (Phi) is 6.76. The van der Waals surface area contributed by atoms with E-state index < -0.39 is 5.60 Å². The second kappa shape index (κ2) is 7.84. The van der Waals surface area contributed by atoms with E-state index in [1.54, 1.807) is 4.90 Å². The molecule has 1 saturated heterocycles. The molecule has 1 amide bonds. The molecular formula is C15H30N2O3. The van der Waals surface area contributed by atoms with E-state index in [0.29, 0.717) is 12.5 Å². The van der Waals surface area contributed by atoms with Gasteiger partial charge < -0.3 is 20.1 Å². The number of carbonyl (C=O) groups excluding carboxylic acids is 1. The highest BCUT2D eigenvalue weighted by atomic mass is 16.6. The first-order valence-electron chi connectivity index (χ1n) is 7.69. The number of piperidine rings is 1. The van der Waals surface area contributed by atoms with Crippen LogP contribution < -0.4 is 5.32 Å². The van der Waals surface area contributed by atoms with Gasteiger partial charge in [-0.15, -0.1) is 0 Å². The van der Waals surface area contributed by atoms with E-state index in [1.807, 2.05) is 20.8 Å². The van der Waals surface area contributed by atoms with Crippen LogP contribution in [0.4, 0.5) is 4.79 Å². The van der Waals surface area contributed by atoms with Crippen molar-refractivity contribution in [2.24, 2.45) is 5.92 Å². The number of nitrogens with zero attached hydrogens (tertiary/aromatic N) is 1. The third-order valence-corrected chi connectivity index (χ3v) is 3.58. The lowest BCUT2D eigenvalue weighted by Crippen LogP contribution is -2.49. The molecule has 0 aromatic heterocycles. The Morgan fingerprint density at radius 1 is 1.50 bits per heavy atom. The van der Waals surface area contributed by atoms with Gasteiger partial charge in [0.05, 0.1) is 0 Å². The lowest BCUT2D eigenvalue weighted by Gasteiger charge is -2.37. The van der Waals surface area contributed by atoms with Crippen LogP contribution in [0.2, 0.25) is 0 Å². The molecule has 5 heteroatoms. The molecule has 1 aliphatic heterocycles. The van der Waals surface area contributed by atoms with Crippen LogP contribution in [0.1, 0.15) is 47.0 Å². The predicted molar refractivity (Wildman–Crippen MR) is 79.7 cm³/mol.